The van der Waals surface area contributed by atoms with Gasteiger partial charge in [0.25, 0.3) is 0 Å². The van der Waals surface area contributed by atoms with E-state index < -0.39 is 5.54 Å². The predicted octanol–water partition coefficient (Wildman–Crippen LogP) is 1.88. The summed E-state index contributed by atoms with van der Waals surface area (Å²) >= 11 is 0. The highest BCUT2D eigenvalue weighted by atomic mass is 16.2. The monoisotopic (exact) mass is 289 g/mol. The Morgan fingerprint density at radius 1 is 1.33 bits per heavy atom. The number of nitrogens with one attached hydrogen (secondary N) is 1. The normalized spacial score (nSPS) is 21.9. The second-order valence-corrected chi connectivity index (χ2v) is 5.64. The molecule has 0 radical (unpaired) electrons. The van der Waals surface area contributed by atoms with E-state index in [1.807, 2.05) is 39.0 Å². The van der Waals surface area contributed by atoms with E-state index in [-0.39, 0.29) is 17.9 Å². The van der Waals surface area contributed by atoms with Crippen molar-refractivity contribution >= 4 is 11.8 Å². The fraction of sp³-hybridized carbons (Fsp3) is 0.562. The Labute approximate surface area is 125 Å². The van der Waals surface area contributed by atoms with Crippen LogP contribution in [0.1, 0.15) is 45.7 Å². The summed E-state index contributed by atoms with van der Waals surface area (Å²) in [7, 11) is 0. The molecule has 5 nitrogen and oxygen atoms in total. The number of hydrogen-bond donors (Lipinski definition) is 1. The number of pyridine rings is 1. The van der Waals surface area contributed by atoms with Crippen molar-refractivity contribution in [3.8, 4) is 0 Å². The zero-order valence-corrected chi connectivity index (χ0v) is 12.9. The van der Waals surface area contributed by atoms with E-state index in [1.165, 1.54) is 0 Å². The molecule has 2 heterocycles. The Hall–Kier alpha value is -1.91. The second-order valence-electron chi connectivity index (χ2n) is 5.64. The molecule has 1 fully saturated rings. The molecule has 1 saturated heterocycles. The lowest BCUT2D eigenvalue weighted by atomic mass is 9.91. The van der Waals surface area contributed by atoms with Gasteiger partial charge in [0.05, 0.1) is 12.2 Å². The summed E-state index contributed by atoms with van der Waals surface area (Å²) in [4.78, 5) is 31.1. The van der Waals surface area contributed by atoms with E-state index in [9.17, 15) is 9.59 Å². The van der Waals surface area contributed by atoms with Crippen molar-refractivity contribution in [3.63, 3.8) is 0 Å². The minimum atomic E-state index is -0.781. The van der Waals surface area contributed by atoms with Gasteiger partial charge in [0.2, 0.25) is 11.8 Å². The Balaban J connectivity index is 2.32. The lowest BCUT2D eigenvalue weighted by Gasteiger charge is -2.35. The number of nitrogens with zero attached hydrogens (tertiary/aromatic N) is 2. The molecule has 0 saturated carbocycles. The van der Waals surface area contributed by atoms with Gasteiger partial charge in [-0.25, -0.2) is 0 Å². The number of carbonyl (C=O) groups excluding carboxylic acids is 2. The van der Waals surface area contributed by atoms with E-state index >= 15 is 0 Å². The molecule has 1 aromatic rings. The van der Waals surface area contributed by atoms with Gasteiger partial charge in [0, 0.05) is 18.7 Å². The van der Waals surface area contributed by atoms with Crippen LogP contribution in [0, 0.1) is 0 Å². The molecule has 5 heteroatoms. The highest BCUT2D eigenvalue weighted by molar-refractivity contribution is 5.93. The molecule has 21 heavy (non-hydrogen) atoms. The second kappa shape index (κ2) is 6.24. The summed E-state index contributed by atoms with van der Waals surface area (Å²) in [5.74, 6) is -0.0560. The summed E-state index contributed by atoms with van der Waals surface area (Å²) in [6.45, 7) is 6.24. The smallest absolute Gasteiger partial charge is 0.248 e. The van der Waals surface area contributed by atoms with Gasteiger partial charge in [-0.3, -0.25) is 14.6 Å². The number of amides is 2. The van der Waals surface area contributed by atoms with E-state index in [0.717, 1.165) is 5.69 Å². The van der Waals surface area contributed by atoms with Crippen molar-refractivity contribution < 1.29 is 9.59 Å². The highest BCUT2D eigenvalue weighted by Crippen LogP contribution is 2.25. The van der Waals surface area contributed by atoms with E-state index in [2.05, 4.69) is 10.3 Å². The maximum absolute atomic E-state index is 13.0. The maximum atomic E-state index is 13.0. The summed E-state index contributed by atoms with van der Waals surface area (Å²) in [6, 6.07) is 5.54. The molecular weight excluding hydrogens is 266 g/mol. The molecule has 1 aliphatic heterocycles. The first kappa shape index (κ1) is 15.5. The third-order valence-electron chi connectivity index (χ3n) is 4.33. The number of carbonyl (C=O) groups is 2. The van der Waals surface area contributed by atoms with E-state index in [0.29, 0.717) is 25.8 Å². The fourth-order valence-electron chi connectivity index (χ4n) is 2.85. The molecule has 0 spiro atoms. The SMILES string of the molecule is CCC1(CC)NC(=O)CC(C)N(Cc2ccccn2)C1=O. The number of rotatable bonds is 4. The lowest BCUT2D eigenvalue weighted by Crippen LogP contribution is -2.56. The van der Waals surface area contributed by atoms with Crippen molar-refractivity contribution in [2.75, 3.05) is 0 Å². The third kappa shape index (κ3) is 3.06. The van der Waals surface area contributed by atoms with Gasteiger partial charge in [-0.1, -0.05) is 19.9 Å². The molecule has 1 unspecified atom stereocenters. The largest absolute Gasteiger partial charge is 0.342 e. The molecule has 2 amide bonds. The van der Waals surface area contributed by atoms with Crippen LogP contribution >= 0.6 is 0 Å². The Morgan fingerprint density at radius 3 is 2.62 bits per heavy atom. The van der Waals surface area contributed by atoms with Gasteiger partial charge in [-0.15, -0.1) is 0 Å². The molecule has 0 aliphatic carbocycles. The topological polar surface area (TPSA) is 62.3 Å². The average Bonchev–Trinajstić information content (AvgIpc) is 2.58. The quantitative estimate of drug-likeness (QED) is 0.920. The van der Waals surface area contributed by atoms with E-state index in [4.69, 9.17) is 0 Å². The molecular formula is C16H23N3O2. The summed E-state index contributed by atoms with van der Waals surface area (Å²) in [6.07, 6.45) is 3.25. The summed E-state index contributed by atoms with van der Waals surface area (Å²) in [5, 5.41) is 2.94. The van der Waals surface area contributed by atoms with Crippen molar-refractivity contribution in [1.29, 1.82) is 0 Å². The van der Waals surface area contributed by atoms with Crippen molar-refractivity contribution in [1.82, 2.24) is 15.2 Å². The summed E-state index contributed by atoms with van der Waals surface area (Å²) < 4.78 is 0. The van der Waals surface area contributed by atoms with Gasteiger partial charge in [0.15, 0.2) is 0 Å². The predicted molar refractivity (Wildman–Crippen MR) is 80.3 cm³/mol. The average molecular weight is 289 g/mol. The molecule has 2 rings (SSSR count). The van der Waals surface area contributed by atoms with Crippen LogP contribution in [0.2, 0.25) is 0 Å². The Kier molecular flexibility index (Phi) is 4.60. The minimum absolute atomic E-state index is 0.00324. The van der Waals surface area contributed by atoms with Gasteiger partial charge in [-0.05, 0) is 31.9 Å². The van der Waals surface area contributed by atoms with Crippen LogP contribution < -0.4 is 5.32 Å². The zero-order chi connectivity index (χ0) is 15.5. The van der Waals surface area contributed by atoms with Crippen LogP contribution in [-0.2, 0) is 16.1 Å². The van der Waals surface area contributed by atoms with Gasteiger partial charge in [-0.2, -0.15) is 0 Å². The first-order valence-electron chi connectivity index (χ1n) is 7.54. The zero-order valence-electron chi connectivity index (χ0n) is 12.9. The van der Waals surface area contributed by atoms with Crippen LogP contribution in [0.5, 0.6) is 0 Å². The lowest BCUT2D eigenvalue weighted by molar-refractivity contribution is -0.141. The third-order valence-corrected chi connectivity index (χ3v) is 4.33. The molecule has 0 aromatic carbocycles. The molecule has 1 atom stereocenters. The van der Waals surface area contributed by atoms with Crippen LogP contribution in [0.15, 0.2) is 24.4 Å². The van der Waals surface area contributed by atoms with Gasteiger partial charge in [0.1, 0.15) is 5.54 Å². The first-order valence-corrected chi connectivity index (χ1v) is 7.54. The van der Waals surface area contributed by atoms with Crippen molar-refractivity contribution in [2.24, 2.45) is 0 Å². The van der Waals surface area contributed by atoms with Crippen LogP contribution in [0.3, 0.4) is 0 Å². The molecule has 114 valence electrons. The Bertz CT molecular complexity index is 512. The number of hydrogen-bond acceptors (Lipinski definition) is 3. The molecule has 0 bridgehead atoms. The van der Waals surface area contributed by atoms with Crippen LogP contribution in [0.25, 0.3) is 0 Å². The summed E-state index contributed by atoms with van der Waals surface area (Å²) in [5.41, 5.74) is 0.0598. The molecule has 1 aliphatic rings. The number of aromatic nitrogens is 1. The van der Waals surface area contributed by atoms with Gasteiger partial charge < -0.3 is 10.2 Å². The van der Waals surface area contributed by atoms with Crippen LogP contribution in [-0.4, -0.2) is 33.3 Å². The highest BCUT2D eigenvalue weighted by Gasteiger charge is 2.43. The minimum Gasteiger partial charge on any atom is -0.342 e. The standard InChI is InChI=1S/C16H23N3O2/c1-4-16(5-2)15(21)19(12(3)10-14(20)18-16)11-13-8-6-7-9-17-13/h6-9,12H,4-5,10-11H2,1-3H3,(H,18,20). The maximum Gasteiger partial charge on any atom is 0.248 e. The van der Waals surface area contributed by atoms with E-state index in [1.54, 1.807) is 11.1 Å². The van der Waals surface area contributed by atoms with Gasteiger partial charge >= 0.3 is 0 Å². The Morgan fingerprint density at radius 2 is 2.05 bits per heavy atom. The molecule has 1 aromatic heterocycles. The molecule has 1 N–H and O–H groups in total. The van der Waals surface area contributed by atoms with Crippen LogP contribution in [0.4, 0.5) is 0 Å². The van der Waals surface area contributed by atoms with Crippen molar-refractivity contribution in [3.05, 3.63) is 30.1 Å². The first-order chi connectivity index (χ1) is 10.0. The van der Waals surface area contributed by atoms with Crippen molar-refractivity contribution in [2.45, 2.75) is 58.2 Å². The fourth-order valence-corrected chi connectivity index (χ4v) is 2.85.